The first-order valence-electron chi connectivity index (χ1n) is 8.75. The third kappa shape index (κ3) is 3.86. The standard InChI is InChI=1S/C21H15N5O3/c27-21(22-16-10-7-13-18(14-16)26(28)29)19-23-20(15-8-3-1-4-9-15)25(24-19)17-11-5-2-6-12-17/h1-14H,(H,22,27). The Labute approximate surface area is 165 Å². The lowest BCUT2D eigenvalue weighted by Gasteiger charge is -2.05. The molecule has 1 N–H and O–H groups in total. The number of aromatic nitrogens is 3. The summed E-state index contributed by atoms with van der Waals surface area (Å²) in [5, 5.41) is 17.9. The smallest absolute Gasteiger partial charge is 0.295 e. The normalized spacial score (nSPS) is 10.5. The van der Waals surface area contributed by atoms with Crippen molar-refractivity contribution in [2.45, 2.75) is 0 Å². The molecule has 0 aliphatic carbocycles. The second-order valence-corrected chi connectivity index (χ2v) is 6.13. The van der Waals surface area contributed by atoms with Gasteiger partial charge in [-0.25, -0.2) is 9.67 Å². The summed E-state index contributed by atoms with van der Waals surface area (Å²) in [4.78, 5) is 27.5. The van der Waals surface area contributed by atoms with Gasteiger partial charge in [0.1, 0.15) is 0 Å². The lowest BCUT2D eigenvalue weighted by atomic mass is 10.2. The third-order valence-electron chi connectivity index (χ3n) is 4.16. The topological polar surface area (TPSA) is 103 Å². The number of rotatable bonds is 5. The van der Waals surface area contributed by atoms with Crippen molar-refractivity contribution in [1.29, 1.82) is 0 Å². The number of hydrogen-bond acceptors (Lipinski definition) is 5. The largest absolute Gasteiger partial charge is 0.319 e. The molecule has 4 rings (SSSR count). The zero-order chi connectivity index (χ0) is 20.2. The second-order valence-electron chi connectivity index (χ2n) is 6.13. The SMILES string of the molecule is O=C(Nc1cccc([N+](=O)[O-])c1)c1nc(-c2ccccc2)n(-c2ccccc2)n1. The van der Waals surface area contributed by atoms with Crippen LogP contribution in [0.2, 0.25) is 0 Å². The first kappa shape index (κ1) is 18.1. The van der Waals surface area contributed by atoms with E-state index in [1.165, 1.54) is 18.2 Å². The lowest BCUT2D eigenvalue weighted by molar-refractivity contribution is -0.384. The van der Waals surface area contributed by atoms with E-state index in [-0.39, 0.29) is 11.5 Å². The molecule has 0 saturated heterocycles. The summed E-state index contributed by atoms with van der Waals surface area (Å²) in [5.74, 6) is -0.0856. The number of non-ortho nitro benzene ring substituents is 1. The molecule has 3 aromatic carbocycles. The molecule has 1 amide bonds. The molecule has 0 spiro atoms. The van der Waals surface area contributed by atoms with Crippen molar-refractivity contribution in [3.8, 4) is 17.1 Å². The molecule has 0 unspecified atom stereocenters. The molecule has 8 nitrogen and oxygen atoms in total. The maximum absolute atomic E-state index is 12.7. The molecule has 1 aromatic heterocycles. The highest BCUT2D eigenvalue weighted by molar-refractivity contribution is 6.02. The summed E-state index contributed by atoms with van der Waals surface area (Å²) in [7, 11) is 0. The van der Waals surface area contributed by atoms with Gasteiger partial charge in [0.2, 0.25) is 5.82 Å². The number of nitro benzene ring substituents is 1. The van der Waals surface area contributed by atoms with E-state index in [2.05, 4.69) is 15.4 Å². The molecular formula is C21H15N5O3. The molecule has 0 aliphatic heterocycles. The number of hydrogen-bond donors (Lipinski definition) is 1. The summed E-state index contributed by atoms with van der Waals surface area (Å²) in [5.41, 5.74) is 1.74. The molecule has 0 aliphatic rings. The fourth-order valence-corrected chi connectivity index (χ4v) is 2.82. The van der Waals surface area contributed by atoms with Gasteiger partial charge in [0.25, 0.3) is 11.6 Å². The van der Waals surface area contributed by atoms with Gasteiger partial charge in [0.15, 0.2) is 5.82 Å². The van der Waals surface area contributed by atoms with Crippen LogP contribution in [0.15, 0.2) is 84.9 Å². The number of amides is 1. The van der Waals surface area contributed by atoms with Gasteiger partial charge in [-0.3, -0.25) is 14.9 Å². The Morgan fingerprint density at radius 2 is 1.62 bits per heavy atom. The molecule has 142 valence electrons. The number of nitrogens with zero attached hydrogens (tertiary/aromatic N) is 4. The summed E-state index contributed by atoms with van der Waals surface area (Å²) in [6, 6.07) is 24.5. The van der Waals surface area contributed by atoms with E-state index in [0.717, 1.165) is 11.3 Å². The predicted molar refractivity (Wildman–Crippen MR) is 108 cm³/mol. The molecule has 1 heterocycles. The van der Waals surface area contributed by atoms with Crippen molar-refractivity contribution in [1.82, 2.24) is 14.8 Å². The van der Waals surface area contributed by atoms with Crippen LogP contribution in [-0.4, -0.2) is 25.6 Å². The highest BCUT2D eigenvalue weighted by Gasteiger charge is 2.19. The molecule has 0 atom stereocenters. The average molecular weight is 385 g/mol. The summed E-state index contributed by atoms with van der Waals surface area (Å²) >= 11 is 0. The number of benzene rings is 3. The number of nitro groups is 1. The van der Waals surface area contributed by atoms with Crippen LogP contribution in [0.4, 0.5) is 11.4 Å². The average Bonchev–Trinajstić information content (AvgIpc) is 3.21. The van der Waals surface area contributed by atoms with Crippen molar-refractivity contribution < 1.29 is 9.72 Å². The van der Waals surface area contributed by atoms with Gasteiger partial charge in [-0.1, -0.05) is 54.6 Å². The van der Waals surface area contributed by atoms with E-state index >= 15 is 0 Å². The molecular weight excluding hydrogens is 370 g/mol. The van der Waals surface area contributed by atoms with E-state index in [1.54, 1.807) is 10.7 Å². The van der Waals surface area contributed by atoms with Crippen molar-refractivity contribution in [3.05, 3.63) is 101 Å². The van der Waals surface area contributed by atoms with Gasteiger partial charge in [-0.2, -0.15) is 0 Å². The highest BCUT2D eigenvalue weighted by Crippen LogP contribution is 2.22. The van der Waals surface area contributed by atoms with Crippen molar-refractivity contribution >= 4 is 17.3 Å². The van der Waals surface area contributed by atoms with Crippen LogP contribution in [0.5, 0.6) is 0 Å². The van der Waals surface area contributed by atoms with E-state index in [9.17, 15) is 14.9 Å². The lowest BCUT2D eigenvalue weighted by Crippen LogP contribution is -2.14. The first-order chi connectivity index (χ1) is 14.1. The van der Waals surface area contributed by atoms with Crippen molar-refractivity contribution in [2.24, 2.45) is 0 Å². The molecule has 0 bridgehead atoms. The van der Waals surface area contributed by atoms with E-state index in [1.807, 2.05) is 60.7 Å². The van der Waals surface area contributed by atoms with Crippen molar-refractivity contribution in [2.75, 3.05) is 5.32 Å². The summed E-state index contributed by atoms with van der Waals surface area (Å²) in [6.45, 7) is 0. The zero-order valence-corrected chi connectivity index (χ0v) is 15.1. The first-order valence-corrected chi connectivity index (χ1v) is 8.75. The molecule has 8 heteroatoms. The minimum absolute atomic E-state index is 0.0424. The predicted octanol–water partition coefficient (Wildman–Crippen LogP) is 4.09. The fraction of sp³-hybridized carbons (Fsp3) is 0. The minimum Gasteiger partial charge on any atom is -0.319 e. The van der Waals surface area contributed by atoms with Crippen LogP contribution >= 0.6 is 0 Å². The number of anilines is 1. The highest BCUT2D eigenvalue weighted by atomic mass is 16.6. The molecule has 29 heavy (non-hydrogen) atoms. The molecule has 0 radical (unpaired) electrons. The molecule has 0 fully saturated rings. The van der Waals surface area contributed by atoms with Gasteiger partial charge >= 0.3 is 0 Å². The van der Waals surface area contributed by atoms with Gasteiger partial charge < -0.3 is 5.32 Å². The van der Waals surface area contributed by atoms with Crippen LogP contribution in [0.3, 0.4) is 0 Å². The molecule has 4 aromatic rings. The van der Waals surface area contributed by atoms with Gasteiger partial charge in [0, 0.05) is 23.4 Å². The Kier molecular flexibility index (Phi) is 4.81. The minimum atomic E-state index is -0.558. The van der Waals surface area contributed by atoms with E-state index < -0.39 is 10.8 Å². The van der Waals surface area contributed by atoms with Gasteiger partial charge in [-0.05, 0) is 18.2 Å². The number of carbonyl (C=O) groups is 1. The van der Waals surface area contributed by atoms with Crippen molar-refractivity contribution in [3.63, 3.8) is 0 Å². The zero-order valence-electron chi connectivity index (χ0n) is 15.1. The quantitative estimate of drug-likeness (QED) is 0.412. The fourth-order valence-electron chi connectivity index (χ4n) is 2.82. The maximum Gasteiger partial charge on any atom is 0.295 e. The Morgan fingerprint density at radius 1 is 0.931 bits per heavy atom. The second kappa shape index (κ2) is 7.73. The van der Waals surface area contributed by atoms with E-state index in [0.29, 0.717) is 11.5 Å². The number of para-hydroxylation sites is 1. The molecule has 0 saturated carbocycles. The van der Waals surface area contributed by atoms with Crippen LogP contribution in [0, 0.1) is 10.1 Å². The Morgan fingerprint density at radius 3 is 2.31 bits per heavy atom. The Hall–Kier alpha value is -4.33. The number of nitrogens with one attached hydrogen (secondary N) is 1. The van der Waals surface area contributed by atoms with Gasteiger partial charge in [0.05, 0.1) is 10.6 Å². The van der Waals surface area contributed by atoms with Crippen LogP contribution in [0.1, 0.15) is 10.6 Å². The Bertz CT molecular complexity index is 1120. The van der Waals surface area contributed by atoms with Crippen LogP contribution < -0.4 is 5.32 Å². The van der Waals surface area contributed by atoms with Crippen LogP contribution in [-0.2, 0) is 0 Å². The number of carbonyl (C=O) groups excluding carboxylic acids is 1. The van der Waals surface area contributed by atoms with Gasteiger partial charge in [-0.15, -0.1) is 5.10 Å². The van der Waals surface area contributed by atoms with E-state index in [4.69, 9.17) is 0 Å². The summed E-state index contributed by atoms with van der Waals surface area (Å²) in [6.07, 6.45) is 0. The third-order valence-corrected chi connectivity index (χ3v) is 4.16. The Balaban J connectivity index is 1.71. The summed E-state index contributed by atoms with van der Waals surface area (Å²) < 4.78 is 1.59. The van der Waals surface area contributed by atoms with Crippen LogP contribution in [0.25, 0.3) is 17.1 Å². The monoisotopic (exact) mass is 385 g/mol. The maximum atomic E-state index is 12.7.